The highest BCUT2D eigenvalue weighted by molar-refractivity contribution is 5.80. The van der Waals surface area contributed by atoms with Gasteiger partial charge >= 0.3 is 0 Å². The lowest BCUT2D eigenvalue weighted by Crippen LogP contribution is -2.54. The molecule has 3 nitrogen and oxygen atoms in total. The van der Waals surface area contributed by atoms with Gasteiger partial charge < -0.3 is 10.6 Å². The van der Waals surface area contributed by atoms with Crippen molar-refractivity contribution < 1.29 is 4.79 Å². The molecule has 1 amide bonds. The first-order valence-corrected chi connectivity index (χ1v) is 6.87. The number of carbonyl (C=O) groups is 1. The highest BCUT2D eigenvalue weighted by atomic mass is 16.2. The number of carbonyl (C=O) groups excluding carboxylic acids is 1. The van der Waals surface area contributed by atoms with Gasteiger partial charge in [0, 0.05) is 11.5 Å². The molecule has 3 atom stereocenters. The fourth-order valence-electron chi connectivity index (χ4n) is 3.58. The van der Waals surface area contributed by atoms with Crippen molar-refractivity contribution in [3.63, 3.8) is 0 Å². The second kappa shape index (κ2) is 4.13. The minimum Gasteiger partial charge on any atom is -0.351 e. The molecule has 94 valence electrons. The Kier molecular flexibility index (Phi) is 2.74. The van der Waals surface area contributed by atoms with E-state index in [1.54, 1.807) is 0 Å². The predicted molar refractivity (Wildman–Crippen MR) is 67.5 cm³/mol. The summed E-state index contributed by atoms with van der Waals surface area (Å²) in [7, 11) is 0. The van der Waals surface area contributed by atoms with Crippen molar-refractivity contribution in [2.45, 2.75) is 38.1 Å². The van der Waals surface area contributed by atoms with E-state index in [0.717, 1.165) is 32.4 Å². The van der Waals surface area contributed by atoms with Gasteiger partial charge in [-0.15, -0.1) is 0 Å². The van der Waals surface area contributed by atoms with Crippen LogP contribution >= 0.6 is 0 Å². The Balaban J connectivity index is 1.61. The average Bonchev–Trinajstić information content (AvgIpc) is 2.91. The van der Waals surface area contributed by atoms with Crippen LogP contribution in [0.3, 0.4) is 0 Å². The molecular formula is C14H22N2O. The van der Waals surface area contributed by atoms with E-state index in [1.807, 2.05) is 0 Å². The summed E-state index contributed by atoms with van der Waals surface area (Å²) in [4.78, 5) is 12.3. The van der Waals surface area contributed by atoms with Gasteiger partial charge in [-0.1, -0.05) is 12.2 Å². The smallest absolute Gasteiger partial charge is 0.224 e. The van der Waals surface area contributed by atoms with Crippen LogP contribution in [0.25, 0.3) is 0 Å². The Labute approximate surface area is 103 Å². The van der Waals surface area contributed by atoms with Gasteiger partial charge in [0.25, 0.3) is 0 Å². The molecule has 0 aromatic rings. The SMILES string of the molecule is CC1(NC(=O)C2CC3C=CC2C3)CCNCC1. The Morgan fingerprint density at radius 2 is 2.06 bits per heavy atom. The molecule has 2 fully saturated rings. The molecule has 3 unspecified atom stereocenters. The molecule has 2 bridgehead atoms. The molecule has 3 aliphatic rings. The summed E-state index contributed by atoms with van der Waals surface area (Å²) in [5, 5.41) is 6.66. The molecule has 3 rings (SSSR count). The molecule has 0 aromatic heterocycles. The number of amides is 1. The van der Waals surface area contributed by atoms with Crippen molar-refractivity contribution in [1.82, 2.24) is 10.6 Å². The van der Waals surface area contributed by atoms with E-state index >= 15 is 0 Å². The van der Waals surface area contributed by atoms with Crippen LogP contribution in [-0.2, 0) is 4.79 Å². The zero-order chi connectivity index (χ0) is 11.9. The minimum atomic E-state index is 0.0217. The van der Waals surface area contributed by atoms with Gasteiger partial charge in [0.15, 0.2) is 0 Å². The van der Waals surface area contributed by atoms with Gasteiger partial charge in [0.1, 0.15) is 0 Å². The first kappa shape index (κ1) is 11.3. The van der Waals surface area contributed by atoms with Gasteiger partial charge in [-0.05, 0) is 57.5 Å². The zero-order valence-electron chi connectivity index (χ0n) is 10.5. The zero-order valence-corrected chi connectivity index (χ0v) is 10.5. The summed E-state index contributed by atoms with van der Waals surface area (Å²) in [5.41, 5.74) is 0.0217. The van der Waals surface area contributed by atoms with E-state index in [4.69, 9.17) is 0 Å². The summed E-state index contributed by atoms with van der Waals surface area (Å²) >= 11 is 0. The lowest BCUT2D eigenvalue weighted by Gasteiger charge is -2.36. The van der Waals surface area contributed by atoms with Crippen molar-refractivity contribution in [1.29, 1.82) is 0 Å². The molecule has 0 spiro atoms. The maximum absolute atomic E-state index is 12.3. The molecule has 1 aliphatic heterocycles. The summed E-state index contributed by atoms with van der Waals surface area (Å²) in [6.45, 7) is 4.23. The fraction of sp³-hybridized carbons (Fsp3) is 0.786. The summed E-state index contributed by atoms with van der Waals surface area (Å²) in [5.74, 6) is 1.74. The lowest BCUT2D eigenvalue weighted by atomic mass is 9.87. The fourth-order valence-corrected chi connectivity index (χ4v) is 3.58. The van der Waals surface area contributed by atoms with Crippen molar-refractivity contribution in [3.05, 3.63) is 12.2 Å². The van der Waals surface area contributed by atoms with Crippen molar-refractivity contribution in [2.75, 3.05) is 13.1 Å². The number of rotatable bonds is 2. The normalized spacial score (nSPS) is 38.3. The van der Waals surface area contributed by atoms with E-state index in [9.17, 15) is 4.79 Å². The Morgan fingerprint density at radius 1 is 1.29 bits per heavy atom. The third kappa shape index (κ3) is 2.13. The number of hydrogen-bond acceptors (Lipinski definition) is 2. The summed E-state index contributed by atoms with van der Waals surface area (Å²) in [6, 6.07) is 0. The van der Waals surface area contributed by atoms with E-state index in [0.29, 0.717) is 17.7 Å². The second-order valence-electron chi connectivity index (χ2n) is 6.19. The minimum absolute atomic E-state index is 0.0217. The maximum atomic E-state index is 12.3. The largest absolute Gasteiger partial charge is 0.351 e. The van der Waals surface area contributed by atoms with Crippen LogP contribution in [-0.4, -0.2) is 24.5 Å². The first-order valence-electron chi connectivity index (χ1n) is 6.87. The summed E-state index contributed by atoms with van der Waals surface area (Å²) in [6.07, 6.45) is 8.92. The first-order chi connectivity index (χ1) is 8.16. The number of hydrogen-bond donors (Lipinski definition) is 2. The molecule has 0 radical (unpaired) electrons. The Morgan fingerprint density at radius 3 is 2.65 bits per heavy atom. The third-order valence-corrected chi connectivity index (χ3v) is 4.75. The quantitative estimate of drug-likeness (QED) is 0.710. The Bertz CT molecular complexity index is 344. The third-order valence-electron chi connectivity index (χ3n) is 4.75. The lowest BCUT2D eigenvalue weighted by molar-refractivity contribution is -0.127. The molecular weight excluding hydrogens is 212 g/mol. The van der Waals surface area contributed by atoms with Crippen molar-refractivity contribution in [2.24, 2.45) is 17.8 Å². The average molecular weight is 234 g/mol. The van der Waals surface area contributed by atoms with Crippen LogP contribution in [0.5, 0.6) is 0 Å². The monoisotopic (exact) mass is 234 g/mol. The second-order valence-corrected chi connectivity index (χ2v) is 6.19. The van der Waals surface area contributed by atoms with Gasteiger partial charge in [0.2, 0.25) is 5.91 Å². The van der Waals surface area contributed by atoms with E-state index in [-0.39, 0.29) is 11.5 Å². The topological polar surface area (TPSA) is 41.1 Å². The molecule has 17 heavy (non-hydrogen) atoms. The highest BCUT2D eigenvalue weighted by Crippen LogP contribution is 2.43. The van der Waals surface area contributed by atoms with Gasteiger partial charge in [-0.2, -0.15) is 0 Å². The van der Waals surface area contributed by atoms with Crippen LogP contribution < -0.4 is 10.6 Å². The van der Waals surface area contributed by atoms with E-state index in [1.165, 1.54) is 6.42 Å². The van der Waals surface area contributed by atoms with E-state index in [2.05, 4.69) is 29.7 Å². The maximum Gasteiger partial charge on any atom is 0.224 e. The van der Waals surface area contributed by atoms with Gasteiger partial charge in [0.05, 0.1) is 0 Å². The number of allylic oxidation sites excluding steroid dienone is 2. The van der Waals surface area contributed by atoms with Crippen LogP contribution in [0.4, 0.5) is 0 Å². The molecule has 1 saturated heterocycles. The predicted octanol–water partition coefficient (Wildman–Crippen LogP) is 1.46. The highest BCUT2D eigenvalue weighted by Gasteiger charge is 2.41. The molecule has 0 aromatic carbocycles. The van der Waals surface area contributed by atoms with Crippen LogP contribution in [0.2, 0.25) is 0 Å². The number of piperidine rings is 1. The number of fused-ring (bicyclic) bond motifs is 2. The van der Waals surface area contributed by atoms with Gasteiger partial charge in [-0.25, -0.2) is 0 Å². The van der Waals surface area contributed by atoms with Crippen molar-refractivity contribution >= 4 is 5.91 Å². The Hall–Kier alpha value is -0.830. The molecule has 2 aliphatic carbocycles. The van der Waals surface area contributed by atoms with Crippen LogP contribution in [0.15, 0.2) is 12.2 Å². The summed E-state index contributed by atoms with van der Waals surface area (Å²) < 4.78 is 0. The van der Waals surface area contributed by atoms with Crippen LogP contribution in [0.1, 0.15) is 32.6 Å². The number of nitrogens with one attached hydrogen (secondary N) is 2. The molecule has 1 saturated carbocycles. The molecule has 2 N–H and O–H groups in total. The van der Waals surface area contributed by atoms with E-state index < -0.39 is 0 Å². The standard InChI is InChI=1S/C14H22N2O/c1-14(4-6-15-7-5-14)16-13(17)12-9-10-2-3-11(12)8-10/h2-3,10-12,15H,4-9H2,1H3,(H,16,17). The van der Waals surface area contributed by atoms with Gasteiger partial charge in [-0.3, -0.25) is 4.79 Å². The molecule has 1 heterocycles. The van der Waals surface area contributed by atoms with Crippen molar-refractivity contribution in [3.8, 4) is 0 Å². The van der Waals surface area contributed by atoms with Crippen LogP contribution in [0, 0.1) is 17.8 Å². The molecule has 3 heteroatoms.